The molecule has 2 aliphatic rings. The number of anilines is 1. The van der Waals surface area contributed by atoms with Crippen molar-refractivity contribution in [3.8, 4) is 22.3 Å². The summed E-state index contributed by atoms with van der Waals surface area (Å²) in [4.78, 5) is 74.9. The maximum Gasteiger partial charge on any atom is 0.335 e. The number of benzene rings is 4. The van der Waals surface area contributed by atoms with Crippen LogP contribution in [0.3, 0.4) is 0 Å². The Balaban J connectivity index is 1.07. The minimum atomic E-state index is -0.532. The van der Waals surface area contributed by atoms with Crippen molar-refractivity contribution in [2.45, 2.75) is 116 Å². The third kappa shape index (κ3) is 12.4. The predicted molar refractivity (Wildman–Crippen MR) is 241 cm³/mol. The second kappa shape index (κ2) is 22.5. The van der Waals surface area contributed by atoms with Gasteiger partial charge in [-0.25, -0.2) is 9.59 Å². The monoisotopic (exact) mass is 840 g/mol. The predicted octanol–water partition coefficient (Wildman–Crippen LogP) is 11.4. The van der Waals surface area contributed by atoms with Crippen molar-refractivity contribution in [2.24, 2.45) is 22.1 Å². The van der Waals surface area contributed by atoms with E-state index in [4.69, 9.17) is 15.4 Å². The van der Waals surface area contributed by atoms with Crippen LogP contribution >= 0.6 is 0 Å². The summed E-state index contributed by atoms with van der Waals surface area (Å²) in [5.74, 6) is -1.77. The van der Waals surface area contributed by atoms with Crippen LogP contribution in [0.5, 0.6) is 0 Å². The van der Waals surface area contributed by atoms with Gasteiger partial charge in [-0.3, -0.25) is 19.7 Å². The van der Waals surface area contributed by atoms with Crippen molar-refractivity contribution in [3.63, 3.8) is 0 Å². The van der Waals surface area contributed by atoms with Gasteiger partial charge in [0.05, 0.1) is 10.5 Å². The Hall–Kier alpha value is -6.30. The van der Waals surface area contributed by atoms with Crippen molar-refractivity contribution < 1.29 is 33.8 Å². The van der Waals surface area contributed by atoms with E-state index in [-0.39, 0.29) is 53.4 Å². The number of nitrogens with two attached hydrogens (primary N) is 1. The summed E-state index contributed by atoms with van der Waals surface area (Å²) in [6.07, 6.45) is 12.7. The molecular weight excluding hydrogens is 785 g/mol. The minimum Gasteiger partial charge on any atom is -0.399 e. The smallest absolute Gasteiger partial charge is 0.335 e. The molecule has 4 aromatic rings. The lowest BCUT2D eigenvalue weighted by atomic mass is 9.83. The first kappa shape index (κ1) is 45.2. The first-order valence-corrected chi connectivity index (χ1v) is 22.1. The van der Waals surface area contributed by atoms with Crippen LogP contribution in [0.25, 0.3) is 22.3 Å². The molecule has 0 radical (unpaired) electrons. The van der Waals surface area contributed by atoms with Crippen LogP contribution in [-0.2, 0) is 25.7 Å². The van der Waals surface area contributed by atoms with Gasteiger partial charge in [-0.05, 0) is 91.8 Å². The molecule has 0 aromatic heterocycles. The number of oxime groups is 2. The zero-order chi connectivity index (χ0) is 43.8. The highest BCUT2D eigenvalue weighted by Crippen LogP contribution is 2.33. The number of nitro benzene ring substituents is 1. The number of hydrogen-bond acceptors (Lipinski definition) is 11. The lowest BCUT2D eigenvalue weighted by molar-refractivity contribution is -0.384. The minimum absolute atomic E-state index is 0.0706. The zero-order valence-corrected chi connectivity index (χ0v) is 35.5. The Kier molecular flexibility index (Phi) is 16.4. The molecule has 62 heavy (non-hydrogen) atoms. The number of aryl methyl sites for hydroxylation is 1. The number of ketones is 2. The molecule has 0 unspecified atom stereocenters. The van der Waals surface area contributed by atoms with Gasteiger partial charge < -0.3 is 15.4 Å². The highest BCUT2D eigenvalue weighted by Gasteiger charge is 2.29. The summed E-state index contributed by atoms with van der Waals surface area (Å²) in [6, 6.07) is 26.4. The van der Waals surface area contributed by atoms with Gasteiger partial charge in [0.1, 0.15) is 11.4 Å². The quantitative estimate of drug-likeness (QED) is 0.0183. The van der Waals surface area contributed by atoms with E-state index in [1.807, 2.05) is 43.3 Å². The van der Waals surface area contributed by atoms with Crippen LogP contribution in [0.2, 0.25) is 0 Å². The molecule has 0 saturated heterocycles. The van der Waals surface area contributed by atoms with E-state index in [2.05, 4.69) is 10.3 Å². The molecule has 0 amide bonds. The summed E-state index contributed by atoms with van der Waals surface area (Å²) in [5, 5.41) is 20.4. The molecule has 6 rings (SSSR count). The SMILES string of the molecule is CCCCC(=O)O/N=C(\C(=O)c1ccc(-c2cc(CCCCC(=O)O/N=C(\C(=O)c3ccc(-c4ccc(N)cc4)cc3)C3CCCCC3)ccc2[N+](=O)[O-])cc1)C1CCCCC1. The van der Waals surface area contributed by atoms with Gasteiger partial charge >= 0.3 is 11.9 Å². The lowest BCUT2D eigenvalue weighted by Gasteiger charge is -2.22. The molecule has 2 fully saturated rings. The van der Waals surface area contributed by atoms with Crippen molar-refractivity contribution in [1.29, 1.82) is 0 Å². The second-order valence-electron chi connectivity index (χ2n) is 16.4. The van der Waals surface area contributed by atoms with Crippen LogP contribution in [-0.4, -0.2) is 39.9 Å². The molecule has 0 bridgehead atoms. The van der Waals surface area contributed by atoms with Crippen LogP contribution in [0.1, 0.15) is 136 Å². The van der Waals surface area contributed by atoms with Crippen molar-refractivity contribution in [3.05, 3.63) is 118 Å². The summed E-state index contributed by atoms with van der Waals surface area (Å²) >= 11 is 0. The van der Waals surface area contributed by atoms with Crippen LogP contribution in [0.15, 0.2) is 101 Å². The molecule has 2 aliphatic carbocycles. The Bertz CT molecular complexity index is 2250. The summed E-state index contributed by atoms with van der Waals surface area (Å²) in [5.41, 5.74) is 11.5. The molecular formula is C50H56N4O8. The standard InChI is InChI=1S/C50H56N4O8/c1-2-3-17-45(55)61-52-48(39-15-8-5-9-16-39)50(58)41-26-22-37(23-27-41)43-33-34(19-32-44(43)54(59)60)12-10-11-18-46(56)62-53-47(38-13-6-4-7-14-38)49(57)40-24-20-35(21-25-40)36-28-30-42(51)31-29-36/h19-33,38-39H,2-18,51H2,1H3/b52-48-,53-47-. The molecule has 324 valence electrons. The van der Waals surface area contributed by atoms with Gasteiger partial charge in [-0.1, -0.05) is 129 Å². The fourth-order valence-electron chi connectivity index (χ4n) is 8.28. The number of carbonyl (C=O) groups is 4. The van der Waals surface area contributed by atoms with E-state index < -0.39 is 16.9 Å². The maximum absolute atomic E-state index is 13.8. The number of nitrogens with zero attached hydrogens (tertiary/aromatic N) is 3. The van der Waals surface area contributed by atoms with E-state index in [0.29, 0.717) is 53.6 Å². The molecule has 2 saturated carbocycles. The van der Waals surface area contributed by atoms with E-state index in [0.717, 1.165) is 87.3 Å². The van der Waals surface area contributed by atoms with Crippen molar-refractivity contribution in [2.75, 3.05) is 5.73 Å². The first-order chi connectivity index (χ1) is 30.1. The third-order valence-corrected chi connectivity index (χ3v) is 11.9. The average Bonchev–Trinajstić information content (AvgIpc) is 3.30. The zero-order valence-electron chi connectivity index (χ0n) is 35.5. The molecule has 12 heteroatoms. The number of carbonyl (C=O) groups excluding carboxylic acids is 4. The summed E-state index contributed by atoms with van der Waals surface area (Å²) in [6.45, 7) is 1.98. The topological polar surface area (TPSA) is 181 Å². The molecule has 4 aromatic carbocycles. The van der Waals surface area contributed by atoms with Crippen molar-refractivity contribution in [1.82, 2.24) is 0 Å². The highest BCUT2D eigenvalue weighted by atomic mass is 16.7. The van der Waals surface area contributed by atoms with Gasteiger partial charge in [0.25, 0.3) is 5.69 Å². The number of nitro groups is 1. The van der Waals surface area contributed by atoms with Gasteiger partial charge in [0.2, 0.25) is 11.6 Å². The molecule has 0 aliphatic heterocycles. The Labute approximate surface area is 363 Å². The summed E-state index contributed by atoms with van der Waals surface area (Å²) < 4.78 is 0. The fraction of sp³-hybridized carbons (Fsp3) is 0.400. The number of rotatable bonds is 19. The largest absolute Gasteiger partial charge is 0.399 e. The normalized spacial score (nSPS) is 15.2. The Morgan fingerprint density at radius 3 is 1.58 bits per heavy atom. The molecule has 0 spiro atoms. The maximum atomic E-state index is 13.8. The van der Waals surface area contributed by atoms with Crippen LogP contribution in [0.4, 0.5) is 11.4 Å². The van der Waals surface area contributed by atoms with Gasteiger partial charge in [-0.2, -0.15) is 0 Å². The number of Topliss-reactive ketones (excluding diaryl/α,β-unsaturated/α-hetero) is 2. The lowest BCUT2D eigenvalue weighted by Crippen LogP contribution is -2.27. The third-order valence-electron chi connectivity index (χ3n) is 11.9. The summed E-state index contributed by atoms with van der Waals surface area (Å²) in [7, 11) is 0. The fourth-order valence-corrected chi connectivity index (χ4v) is 8.28. The number of nitrogen functional groups attached to an aromatic ring is 1. The van der Waals surface area contributed by atoms with Crippen LogP contribution in [0, 0.1) is 22.0 Å². The average molecular weight is 841 g/mol. The Morgan fingerprint density at radius 1 is 0.629 bits per heavy atom. The van der Waals surface area contributed by atoms with Gasteiger partial charge in [-0.15, -0.1) is 0 Å². The molecule has 0 heterocycles. The number of hydrogen-bond donors (Lipinski definition) is 1. The van der Waals surface area contributed by atoms with E-state index >= 15 is 0 Å². The van der Waals surface area contributed by atoms with Gasteiger partial charge in [0.15, 0.2) is 0 Å². The van der Waals surface area contributed by atoms with Crippen LogP contribution < -0.4 is 5.73 Å². The van der Waals surface area contributed by atoms with E-state index in [1.54, 1.807) is 48.5 Å². The van der Waals surface area contributed by atoms with E-state index in [9.17, 15) is 29.3 Å². The second-order valence-corrected chi connectivity index (χ2v) is 16.4. The first-order valence-electron chi connectivity index (χ1n) is 22.1. The number of unbranched alkanes of at least 4 members (excludes halogenated alkanes) is 2. The van der Waals surface area contributed by atoms with Crippen molar-refractivity contribution >= 4 is 46.3 Å². The van der Waals surface area contributed by atoms with E-state index in [1.165, 1.54) is 6.07 Å². The Morgan fingerprint density at radius 2 is 1.10 bits per heavy atom. The molecule has 12 nitrogen and oxygen atoms in total. The molecule has 0 atom stereocenters. The highest BCUT2D eigenvalue weighted by molar-refractivity contribution is 6.47. The molecule has 2 N–H and O–H groups in total. The van der Waals surface area contributed by atoms with Gasteiger partial charge in [0, 0.05) is 47.6 Å².